The van der Waals surface area contributed by atoms with Crippen molar-refractivity contribution in [3.63, 3.8) is 0 Å². The summed E-state index contributed by atoms with van der Waals surface area (Å²) < 4.78 is 26.3. The molecule has 0 bridgehead atoms. The fourth-order valence-corrected chi connectivity index (χ4v) is 0.892. The van der Waals surface area contributed by atoms with Crippen LogP contribution in [0, 0.1) is 0 Å². The van der Waals surface area contributed by atoms with Crippen molar-refractivity contribution in [3.8, 4) is 0 Å². The van der Waals surface area contributed by atoms with E-state index in [1.165, 1.54) is 13.8 Å². The number of rotatable bonds is 6. The van der Waals surface area contributed by atoms with Gasteiger partial charge in [-0.1, -0.05) is 0 Å². The van der Waals surface area contributed by atoms with Crippen molar-refractivity contribution in [3.05, 3.63) is 11.7 Å². The van der Waals surface area contributed by atoms with Gasteiger partial charge in [0.05, 0.1) is 12.4 Å². The quantitative estimate of drug-likeness (QED) is 0.484. The van der Waals surface area contributed by atoms with Gasteiger partial charge in [0, 0.05) is 6.42 Å². The molecule has 0 aromatic rings. The number of nitrogens with two attached hydrogens (primary N) is 2. The second-order valence-electron chi connectivity index (χ2n) is 3.99. The largest absolute Gasteiger partial charge is 0.480 e. The molecule has 0 radical (unpaired) electrons. The summed E-state index contributed by atoms with van der Waals surface area (Å²) in [7, 11) is 0. The van der Waals surface area contributed by atoms with E-state index in [0.717, 1.165) is 0 Å². The summed E-state index contributed by atoms with van der Waals surface area (Å²) in [6.45, 7) is 2.21. The SMILES string of the molecule is CC(N)=NC/C(F)=C(/F)CCC(C)(N)C(=O)O. The number of carboxylic acids is 1. The Hall–Kier alpha value is -1.50. The van der Waals surface area contributed by atoms with Gasteiger partial charge in [0.15, 0.2) is 5.83 Å². The second kappa shape index (κ2) is 6.29. The highest BCUT2D eigenvalue weighted by molar-refractivity contribution is 5.78. The van der Waals surface area contributed by atoms with Gasteiger partial charge in [0.2, 0.25) is 0 Å². The van der Waals surface area contributed by atoms with Crippen LogP contribution in [-0.4, -0.2) is 29.0 Å². The van der Waals surface area contributed by atoms with Crippen LogP contribution in [0.3, 0.4) is 0 Å². The lowest BCUT2D eigenvalue weighted by atomic mass is 9.97. The predicted molar refractivity (Wildman–Crippen MR) is 60.9 cm³/mol. The fraction of sp³-hybridized carbons (Fsp3) is 0.600. The predicted octanol–water partition coefficient (Wildman–Crippen LogP) is 1.10. The molecule has 5 nitrogen and oxygen atoms in total. The standard InChI is InChI=1S/C10H17F2N3O2/c1-6(13)15-5-8(12)7(11)3-4-10(2,14)9(16)17/h3-5,14H2,1-2H3,(H2,13,15)(H,16,17)/b8-7-. The summed E-state index contributed by atoms with van der Waals surface area (Å²) in [6, 6.07) is 0. The molecular formula is C10H17F2N3O2. The highest BCUT2D eigenvalue weighted by Gasteiger charge is 2.28. The topological polar surface area (TPSA) is 102 Å². The second-order valence-corrected chi connectivity index (χ2v) is 3.99. The maximum absolute atomic E-state index is 13.2. The molecule has 5 N–H and O–H groups in total. The zero-order valence-electron chi connectivity index (χ0n) is 9.83. The van der Waals surface area contributed by atoms with E-state index >= 15 is 0 Å². The molecule has 0 aliphatic carbocycles. The van der Waals surface area contributed by atoms with E-state index in [1.54, 1.807) is 0 Å². The summed E-state index contributed by atoms with van der Waals surface area (Å²) in [5, 5.41) is 8.67. The summed E-state index contributed by atoms with van der Waals surface area (Å²) in [5.74, 6) is -3.23. The van der Waals surface area contributed by atoms with Gasteiger partial charge in [0.1, 0.15) is 11.4 Å². The number of nitrogens with zero attached hydrogens (tertiary/aromatic N) is 1. The molecule has 1 atom stereocenters. The van der Waals surface area contributed by atoms with Crippen molar-refractivity contribution in [2.75, 3.05) is 6.54 Å². The Labute approximate surface area is 98.2 Å². The van der Waals surface area contributed by atoms with E-state index in [2.05, 4.69) is 4.99 Å². The minimum Gasteiger partial charge on any atom is -0.480 e. The zero-order chi connectivity index (χ0) is 13.6. The number of halogens is 2. The van der Waals surface area contributed by atoms with Crippen LogP contribution in [0.25, 0.3) is 0 Å². The van der Waals surface area contributed by atoms with E-state index in [1.807, 2.05) is 0 Å². The van der Waals surface area contributed by atoms with Crippen molar-refractivity contribution >= 4 is 11.8 Å². The number of allylic oxidation sites excluding steroid dienone is 1. The third-order valence-electron chi connectivity index (χ3n) is 2.11. The highest BCUT2D eigenvalue weighted by atomic mass is 19.2. The first-order valence-electron chi connectivity index (χ1n) is 4.98. The average molecular weight is 249 g/mol. The van der Waals surface area contributed by atoms with Crippen molar-refractivity contribution in [1.82, 2.24) is 0 Å². The molecule has 0 aliphatic rings. The minimum atomic E-state index is -1.58. The molecule has 7 heteroatoms. The normalized spacial score (nSPS) is 17.4. The first-order valence-corrected chi connectivity index (χ1v) is 4.98. The van der Waals surface area contributed by atoms with Crippen molar-refractivity contribution in [2.24, 2.45) is 16.5 Å². The number of amidine groups is 1. The Morgan fingerprint density at radius 3 is 2.35 bits per heavy atom. The van der Waals surface area contributed by atoms with Crippen LogP contribution < -0.4 is 11.5 Å². The summed E-state index contributed by atoms with van der Waals surface area (Å²) >= 11 is 0. The molecule has 1 unspecified atom stereocenters. The maximum atomic E-state index is 13.2. The van der Waals surface area contributed by atoms with E-state index in [4.69, 9.17) is 16.6 Å². The zero-order valence-corrected chi connectivity index (χ0v) is 9.83. The molecule has 0 heterocycles. The number of aliphatic imine (C=N–C) groups is 1. The van der Waals surface area contributed by atoms with Crippen LogP contribution in [0.2, 0.25) is 0 Å². The monoisotopic (exact) mass is 249 g/mol. The van der Waals surface area contributed by atoms with Crippen LogP contribution in [0.4, 0.5) is 8.78 Å². The lowest BCUT2D eigenvalue weighted by Crippen LogP contribution is -2.44. The Bertz CT molecular complexity index is 347. The lowest BCUT2D eigenvalue weighted by Gasteiger charge is -2.18. The molecule has 0 fully saturated rings. The van der Waals surface area contributed by atoms with Crippen molar-refractivity contribution < 1.29 is 18.7 Å². The Kier molecular flexibility index (Phi) is 5.73. The molecule has 98 valence electrons. The number of aliphatic carboxylic acids is 1. The van der Waals surface area contributed by atoms with E-state index < -0.39 is 29.7 Å². The highest BCUT2D eigenvalue weighted by Crippen LogP contribution is 2.19. The maximum Gasteiger partial charge on any atom is 0.323 e. The van der Waals surface area contributed by atoms with Gasteiger partial charge in [-0.3, -0.25) is 9.79 Å². The molecular weight excluding hydrogens is 232 g/mol. The molecule has 0 spiro atoms. The summed E-state index contributed by atoms with van der Waals surface area (Å²) in [6.07, 6.45) is -0.586. The van der Waals surface area contributed by atoms with Gasteiger partial charge < -0.3 is 16.6 Å². The van der Waals surface area contributed by atoms with Gasteiger partial charge >= 0.3 is 5.97 Å². The molecule has 0 saturated heterocycles. The third kappa shape index (κ3) is 5.96. The Morgan fingerprint density at radius 1 is 1.41 bits per heavy atom. The molecule has 0 aromatic carbocycles. The number of hydrogen-bond donors (Lipinski definition) is 3. The Balaban J connectivity index is 4.43. The van der Waals surface area contributed by atoms with Crippen LogP contribution in [0.15, 0.2) is 16.6 Å². The van der Waals surface area contributed by atoms with Gasteiger partial charge in [-0.2, -0.15) is 0 Å². The van der Waals surface area contributed by atoms with E-state index in [-0.39, 0.29) is 18.7 Å². The van der Waals surface area contributed by atoms with Crippen LogP contribution in [-0.2, 0) is 4.79 Å². The number of hydrogen-bond acceptors (Lipinski definition) is 3. The molecule has 0 saturated carbocycles. The van der Waals surface area contributed by atoms with Gasteiger partial charge in [-0.25, -0.2) is 8.78 Å². The van der Waals surface area contributed by atoms with Gasteiger partial charge in [-0.05, 0) is 20.3 Å². The van der Waals surface area contributed by atoms with Crippen molar-refractivity contribution in [2.45, 2.75) is 32.2 Å². The molecule has 0 rings (SSSR count). The van der Waals surface area contributed by atoms with E-state index in [9.17, 15) is 13.6 Å². The van der Waals surface area contributed by atoms with Crippen LogP contribution in [0.1, 0.15) is 26.7 Å². The molecule has 17 heavy (non-hydrogen) atoms. The average Bonchev–Trinajstić information content (AvgIpc) is 2.22. The fourth-order valence-electron chi connectivity index (χ4n) is 0.892. The van der Waals surface area contributed by atoms with Crippen LogP contribution >= 0.6 is 0 Å². The summed E-state index contributed by atoms with van der Waals surface area (Å²) in [4.78, 5) is 14.1. The van der Waals surface area contributed by atoms with Gasteiger partial charge in [0.25, 0.3) is 0 Å². The molecule has 0 aliphatic heterocycles. The number of carboxylic acid groups (broad SMARTS) is 1. The molecule has 0 amide bonds. The smallest absolute Gasteiger partial charge is 0.323 e. The Morgan fingerprint density at radius 2 is 1.94 bits per heavy atom. The van der Waals surface area contributed by atoms with Crippen LogP contribution in [0.5, 0.6) is 0 Å². The first kappa shape index (κ1) is 15.5. The van der Waals surface area contributed by atoms with Gasteiger partial charge in [-0.15, -0.1) is 0 Å². The first-order chi connectivity index (χ1) is 7.66. The molecule has 0 aromatic heterocycles. The third-order valence-corrected chi connectivity index (χ3v) is 2.11. The minimum absolute atomic E-state index is 0.141. The van der Waals surface area contributed by atoms with E-state index in [0.29, 0.717) is 0 Å². The summed E-state index contributed by atoms with van der Waals surface area (Å²) in [5.41, 5.74) is 8.96. The number of carbonyl (C=O) groups is 1. The van der Waals surface area contributed by atoms with Crippen molar-refractivity contribution in [1.29, 1.82) is 0 Å². The lowest BCUT2D eigenvalue weighted by molar-refractivity contribution is -0.142.